The van der Waals surface area contributed by atoms with E-state index in [1.54, 1.807) is 6.20 Å². The van der Waals surface area contributed by atoms with Crippen molar-refractivity contribution in [1.29, 1.82) is 0 Å². The van der Waals surface area contributed by atoms with Crippen molar-refractivity contribution in [1.82, 2.24) is 15.3 Å². The third-order valence-electron chi connectivity index (χ3n) is 4.81. The van der Waals surface area contributed by atoms with Crippen LogP contribution in [0.15, 0.2) is 60.8 Å². The molecule has 2 amide bonds. The highest BCUT2D eigenvalue weighted by Gasteiger charge is 2.22. The first-order chi connectivity index (χ1) is 15.5. The molecule has 1 fully saturated rings. The molecular weight excluding hydrogens is 426 g/mol. The fourth-order valence-corrected chi connectivity index (χ4v) is 4.48. The van der Waals surface area contributed by atoms with E-state index in [0.29, 0.717) is 24.8 Å². The molecule has 9 heteroatoms. The molecule has 2 aromatic carbocycles. The minimum Gasteiger partial charge on any atom is -0.492 e. The van der Waals surface area contributed by atoms with E-state index in [1.165, 1.54) is 0 Å². The fourth-order valence-electron chi connectivity index (χ4n) is 3.07. The minimum atomic E-state index is -0.702. The van der Waals surface area contributed by atoms with Crippen LogP contribution < -0.4 is 20.7 Å². The van der Waals surface area contributed by atoms with Crippen LogP contribution >= 0.6 is 10.5 Å². The van der Waals surface area contributed by atoms with Crippen molar-refractivity contribution in [2.75, 3.05) is 36.6 Å². The summed E-state index contributed by atoms with van der Waals surface area (Å²) in [6, 6.07) is 16.9. The van der Waals surface area contributed by atoms with Crippen molar-refractivity contribution in [2.24, 2.45) is 0 Å². The molecule has 0 radical (unpaired) electrons. The van der Waals surface area contributed by atoms with Crippen molar-refractivity contribution in [2.45, 2.75) is 0 Å². The zero-order valence-corrected chi connectivity index (χ0v) is 18.3. The molecule has 4 rings (SSSR count). The molecule has 0 spiro atoms. The largest absolute Gasteiger partial charge is 0.492 e. The van der Waals surface area contributed by atoms with Gasteiger partial charge in [0.05, 0.1) is 18.0 Å². The second kappa shape index (κ2) is 9.61. The zero-order chi connectivity index (χ0) is 22.5. The number of amides is 2. The van der Waals surface area contributed by atoms with Crippen LogP contribution in [0.4, 0.5) is 16.4 Å². The molecule has 1 aliphatic heterocycles. The van der Waals surface area contributed by atoms with E-state index >= 15 is 0 Å². The lowest BCUT2D eigenvalue weighted by Gasteiger charge is -2.18. The summed E-state index contributed by atoms with van der Waals surface area (Å²) in [5.41, 5.74) is 9.16. The lowest BCUT2D eigenvalue weighted by atomic mass is 10.1. The first-order valence-corrected chi connectivity index (χ1v) is 11.4. The van der Waals surface area contributed by atoms with E-state index in [9.17, 15) is 9.59 Å². The third-order valence-corrected chi connectivity index (χ3v) is 6.52. The van der Waals surface area contributed by atoms with E-state index < -0.39 is 10.5 Å². The second-order valence-corrected chi connectivity index (χ2v) is 8.98. The number of carbonyl (C=O) groups excluding carboxylic acids is 2. The van der Waals surface area contributed by atoms with Crippen LogP contribution in [0.25, 0.3) is 11.3 Å². The predicted molar refractivity (Wildman–Crippen MR) is 128 cm³/mol. The van der Waals surface area contributed by atoms with E-state index in [-0.39, 0.29) is 16.9 Å². The molecule has 1 aromatic heterocycles. The van der Waals surface area contributed by atoms with Gasteiger partial charge in [-0.05, 0) is 41.3 Å². The maximum Gasteiger partial charge on any atom is 0.280 e. The lowest BCUT2D eigenvalue weighted by molar-refractivity contribution is -0.117. The Morgan fingerprint density at radius 3 is 2.56 bits per heavy atom. The average molecular weight is 450 g/mol. The molecule has 2 heterocycles. The Hall–Kier alpha value is -3.72. The molecule has 1 unspecified atom stereocenters. The normalized spacial score (nSPS) is 15.6. The van der Waals surface area contributed by atoms with Gasteiger partial charge in [0.1, 0.15) is 12.4 Å². The lowest BCUT2D eigenvalue weighted by Crippen LogP contribution is -2.25. The second-order valence-electron chi connectivity index (χ2n) is 7.23. The van der Waals surface area contributed by atoms with Crippen LogP contribution in [0.1, 0.15) is 5.56 Å². The molecule has 3 aromatic rings. The van der Waals surface area contributed by atoms with Gasteiger partial charge in [-0.25, -0.2) is 9.97 Å². The Morgan fingerprint density at radius 2 is 1.88 bits per heavy atom. The topological polar surface area (TPSA) is 110 Å². The first-order valence-electron chi connectivity index (χ1n) is 9.99. The number of rotatable bonds is 7. The van der Waals surface area contributed by atoms with Crippen LogP contribution in [0.5, 0.6) is 5.75 Å². The van der Waals surface area contributed by atoms with Gasteiger partial charge >= 0.3 is 0 Å². The minimum absolute atomic E-state index is 0.221. The summed E-state index contributed by atoms with van der Waals surface area (Å²) in [4.78, 5) is 33.9. The summed E-state index contributed by atoms with van der Waals surface area (Å²) in [5.74, 6) is 1.34. The SMILES string of the molecule is CN(CCOc1ccc(C=S2CC(=O)NC2=O)cc1)c1nccc(-c2ccc(N)cc2)n1. The quantitative estimate of drug-likeness (QED) is 0.421. The molecule has 0 saturated carbocycles. The van der Waals surface area contributed by atoms with E-state index in [4.69, 9.17) is 10.5 Å². The van der Waals surface area contributed by atoms with E-state index in [0.717, 1.165) is 22.6 Å². The number of nitrogens with two attached hydrogens (primary N) is 1. The molecule has 1 atom stereocenters. The number of aromatic nitrogens is 2. The highest BCUT2D eigenvalue weighted by molar-refractivity contribution is 8.28. The van der Waals surface area contributed by atoms with Gasteiger partial charge in [0, 0.05) is 24.5 Å². The van der Waals surface area contributed by atoms with Gasteiger partial charge < -0.3 is 15.4 Å². The van der Waals surface area contributed by atoms with E-state index in [1.807, 2.05) is 71.9 Å². The summed E-state index contributed by atoms with van der Waals surface area (Å²) in [6.45, 7) is 1.06. The number of ether oxygens (including phenoxy) is 1. The number of nitrogens with zero attached hydrogens (tertiary/aromatic N) is 3. The predicted octanol–water partition coefficient (Wildman–Crippen LogP) is 2.91. The molecule has 0 bridgehead atoms. The Kier molecular flexibility index (Phi) is 6.46. The zero-order valence-electron chi connectivity index (χ0n) is 17.5. The molecule has 1 aliphatic rings. The van der Waals surface area contributed by atoms with E-state index in [2.05, 4.69) is 15.3 Å². The molecular formula is C23H23N5O3S. The molecule has 1 saturated heterocycles. The number of hydrogen-bond donors (Lipinski definition) is 2. The number of anilines is 2. The van der Waals surface area contributed by atoms with Crippen LogP contribution in [0.3, 0.4) is 0 Å². The standard InChI is InChI=1S/C23H23N5O3S/c1-28(22-25-11-10-20(26-22)17-4-6-18(24)7-5-17)12-13-31-19-8-2-16(3-9-19)14-32-15-21(29)27-23(32)30/h2-11,14H,12-13,15,24H2,1H3,(H,27,29,30). The van der Waals surface area contributed by atoms with Gasteiger partial charge in [0.25, 0.3) is 5.24 Å². The molecule has 0 aliphatic carbocycles. The molecule has 32 heavy (non-hydrogen) atoms. The fraction of sp³-hybridized carbons (Fsp3) is 0.174. The summed E-state index contributed by atoms with van der Waals surface area (Å²) in [7, 11) is 1.21. The maximum absolute atomic E-state index is 11.7. The van der Waals surface area contributed by atoms with Crippen LogP contribution in [0.2, 0.25) is 0 Å². The number of hydrogen-bond acceptors (Lipinski definition) is 7. The van der Waals surface area contributed by atoms with Crippen molar-refractivity contribution in [3.63, 3.8) is 0 Å². The van der Waals surface area contributed by atoms with Crippen LogP contribution in [-0.2, 0) is 4.79 Å². The number of imide groups is 1. The Balaban J connectivity index is 1.32. The number of nitrogen functional groups attached to an aromatic ring is 1. The average Bonchev–Trinajstić information content (AvgIpc) is 3.12. The smallest absolute Gasteiger partial charge is 0.280 e. The van der Waals surface area contributed by atoms with Gasteiger partial charge in [-0.2, -0.15) is 0 Å². The van der Waals surface area contributed by atoms with Crippen molar-refractivity contribution in [3.8, 4) is 17.0 Å². The Morgan fingerprint density at radius 1 is 1.12 bits per heavy atom. The van der Waals surface area contributed by atoms with Crippen molar-refractivity contribution in [3.05, 3.63) is 66.4 Å². The van der Waals surface area contributed by atoms with Crippen molar-refractivity contribution >= 4 is 38.6 Å². The molecule has 164 valence electrons. The number of carbonyl (C=O) groups is 2. The van der Waals surface area contributed by atoms with Gasteiger partial charge in [-0.3, -0.25) is 14.9 Å². The third kappa shape index (κ3) is 5.30. The monoisotopic (exact) mass is 449 g/mol. The maximum atomic E-state index is 11.7. The number of benzene rings is 2. The first kappa shape index (κ1) is 21.5. The van der Waals surface area contributed by atoms with Crippen LogP contribution in [0, 0.1) is 0 Å². The van der Waals surface area contributed by atoms with Gasteiger partial charge in [-0.1, -0.05) is 34.7 Å². The number of nitrogens with one attached hydrogen (secondary N) is 1. The molecule has 3 N–H and O–H groups in total. The summed E-state index contributed by atoms with van der Waals surface area (Å²) >= 11 is 0. The summed E-state index contributed by atoms with van der Waals surface area (Å²) in [6.07, 6.45) is 1.74. The Labute approximate surface area is 188 Å². The summed E-state index contributed by atoms with van der Waals surface area (Å²) in [5, 5.41) is 3.93. The van der Waals surface area contributed by atoms with Crippen LogP contribution in [-0.4, -0.2) is 52.4 Å². The molecule has 8 nitrogen and oxygen atoms in total. The van der Waals surface area contributed by atoms with Gasteiger partial charge in [-0.15, -0.1) is 0 Å². The van der Waals surface area contributed by atoms with Crippen molar-refractivity contribution < 1.29 is 14.3 Å². The highest BCUT2D eigenvalue weighted by atomic mass is 32.2. The summed E-state index contributed by atoms with van der Waals surface area (Å²) < 4.78 is 5.83. The number of likely N-dealkylation sites (N-methyl/N-ethyl adjacent to an activating group) is 1. The Bertz CT molecular complexity index is 1160. The highest BCUT2D eigenvalue weighted by Crippen LogP contribution is 2.22. The van der Waals surface area contributed by atoms with Gasteiger partial charge in [0.15, 0.2) is 0 Å². The van der Waals surface area contributed by atoms with Gasteiger partial charge in [0.2, 0.25) is 11.9 Å².